The number of likely N-dealkylation sites (tertiary alicyclic amines) is 2. The van der Waals surface area contributed by atoms with E-state index in [1.807, 2.05) is 25.7 Å². The number of nitrogens with zero attached hydrogens (tertiary/aromatic N) is 2. The van der Waals surface area contributed by atoms with Crippen LogP contribution in [0.15, 0.2) is 24.3 Å². The van der Waals surface area contributed by atoms with Crippen molar-refractivity contribution < 1.29 is 23.5 Å². The van der Waals surface area contributed by atoms with Crippen LogP contribution in [0, 0.1) is 11.7 Å². The normalized spacial score (nSPS) is 21.8. The first-order valence-electron chi connectivity index (χ1n) is 11.5. The number of carbonyl (C=O) groups is 3. The van der Waals surface area contributed by atoms with Gasteiger partial charge in [-0.3, -0.25) is 9.59 Å². The van der Waals surface area contributed by atoms with E-state index >= 15 is 0 Å². The Morgan fingerprint density at radius 2 is 1.78 bits per heavy atom. The number of hydrogen-bond donors (Lipinski definition) is 1. The smallest absolute Gasteiger partial charge is 0.407 e. The molecule has 0 aliphatic carbocycles. The Balaban J connectivity index is 1.60. The van der Waals surface area contributed by atoms with Crippen molar-refractivity contribution in [2.75, 3.05) is 26.2 Å². The third kappa shape index (κ3) is 6.43. The molecule has 2 fully saturated rings. The molecule has 2 aliphatic heterocycles. The van der Waals surface area contributed by atoms with Crippen molar-refractivity contribution in [3.8, 4) is 0 Å². The Kier molecular flexibility index (Phi) is 7.74. The average molecular weight is 448 g/mol. The van der Waals surface area contributed by atoms with E-state index in [1.54, 1.807) is 4.90 Å². The van der Waals surface area contributed by atoms with E-state index in [-0.39, 0.29) is 29.6 Å². The molecule has 1 aromatic rings. The van der Waals surface area contributed by atoms with Gasteiger partial charge in [0.05, 0.1) is 5.92 Å². The molecule has 0 bridgehead atoms. The molecule has 0 radical (unpaired) electrons. The van der Waals surface area contributed by atoms with Crippen LogP contribution in [0.1, 0.15) is 63.2 Å². The number of benzene rings is 1. The van der Waals surface area contributed by atoms with Gasteiger partial charge in [-0.15, -0.1) is 0 Å². The summed E-state index contributed by atoms with van der Waals surface area (Å²) >= 11 is 0. The van der Waals surface area contributed by atoms with E-state index in [2.05, 4.69) is 5.32 Å². The highest BCUT2D eigenvalue weighted by molar-refractivity contribution is 5.94. The standard InChI is InChI=1S/C24H34FN3O4/c1-24(2,3)32-23(31)26-15-20-8-4-5-14-28(20)22(30)18-7-6-13-27(16-18)21(29)17-9-11-19(25)12-10-17/h9-12,18,20H,4-8,13-16H2,1-3H3,(H,26,31). The molecule has 2 aliphatic rings. The molecule has 1 aromatic carbocycles. The van der Waals surface area contributed by atoms with Gasteiger partial charge in [0, 0.05) is 37.8 Å². The lowest BCUT2D eigenvalue weighted by Crippen LogP contribution is -2.54. The van der Waals surface area contributed by atoms with Gasteiger partial charge >= 0.3 is 6.09 Å². The van der Waals surface area contributed by atoms with E-state index in [9.17, 15) is 18.8 Å². The predicted octanol–water partition coefficient (Wildman–Crippen LogP) is 3.58. The fraction of sp³-hybridized carbons (Fsp3) is 0.625. The summed E-state index contributed by atoms with van der Waals surface area (Å²) in [5.74, 6) is -0.791. The largest absolute Gasteiger partial charge is 0.444 e. The Morgan fingerprint density at radius 3 is 2.47 bits per heavy atom. The van der Waals surface area contributed by atoms with Gasteiger partial charge in [0.15, 0.2) is 0 Å². The molecule has 8 heteroatoms. The highest BCUT2D eigenvalue weighted by Crippen LogP contribution is 2.25. The van der Waals surface area contributed by atoms with Crippen molar-refractivity contribution in [1.29, 1.82) is 0 Å². The van der Waals surface area contributed by atoms with Gasteiger partial charge < -0.3 is 19.9 Å². The first-order chi connectivity index (χ1) is 15.1. The molecular formula is C24H34FN3O4. The summed E-state index contributed by atoms with van der Waals surface area (Å²) in [7, 11) is 0. The SMILES string of the molecule is CC(C)(C)OC(=O)NCC1CCCCN1C(=O)C1CCCN(C(=O)c2ccc(F)cc2)C1. The van der Waals surface area contributed by atoms with Gasteiger partial charge in [0.2, 0.25) is 5.91 Å². The molecule has 3 amide bonds. The molecule has 176 valence electrons. The van der Waals surface area contributed by atoms with Crippen molar-refractivity contribution in [3.05, 3.63) is 35.6 Å². The minimum absolute atomic E-state index is 0.0392. The minimum atomic E-state index is -0.575. The van der Waals surface area contributed by atoms with E-state index in [1.165, 1.54) is 24.3 Å². The first-order valence-corrected chi connectivity index (χ1v) is 11.5. The molecule has 2 heterocycles. The summed E-state index contributed by atoms with van der Waals surface area (Å²) in [5, 5.41) is 2.80. The van der Waals surface area contributed by atoms with Crippen LogP contribution in [0.2, 0.25) is 0 Å². The van der Waals surface area contributed by atoms with Crippen LogP contribution in [0.4, 0.5) is 9.18 Å². The summed E-state index contributed by atoms with van der Waals surface area (Å²) in [6.45, 7) is 7.39. The van der Waals surface area contributed by atoms with E-state index in [0.29, 0.717) is 31.7 Å². The van der Waals surface area contributed by atoms with Crippen molar-refractivity contribution in [3.63, 3.8) is 0 Å². The Morgan fingerprint density at radius 1 is 1.06 bits per heavy atom. The average Bonchev–Trinajstić information content (AvgIpc) is 2.76. The number of hydrogen-bond acceptors (Lipinski definition) is 4. The molecule has 2 unspecified atom stereocenters. The monoisotopic (exact) mass is 447 g/mol. The van der Waals surface area contributed by atoms with Gasteiger partial charge in [-0.25, -0.2) is 9.18 Å². The van der Waals surface area contributed by atoms with Crippen LogP contribution in [-0.4, -0.2) is 65.5 Å². The number of carbonyl (C=O) groups excluding carboxylic acids is 3. The van der Waals surface area contributed by atoms with Crippen molar-refractivity contribution in [2.24, 2.45) is 5.92 Å². The third-order valence-electron chi connectivity index (χ3n) is 5.94. The van der Waals surface area contributed by atoms with Crippen molar-refractivity contribution in [1.82, 2.24) is 15.1 Å². The number of ether oxygens (including phenoxy) is 1. The third-order valence-corrected chi connectivity index (χ3v) is 5.94. The predicted molar refractivity (Wildman–Crippen MR) is 119 cm³/mol. The summed E-state index contributed by atoms with van der Waals surface area (Å²) in [6.07, 6.45) is 3.76. The maximum Gasteiger partial charge on any atom is 0.407 e. The van der Waals surface area contributed by atoms with Crippen molar-refractivity contribution in [2.45, 2.75) is 64.5 Å². The molecule has 0 saturated carbocycles. The number of alkyl carbamates (subject to hydrolysis) is 1. The molecule has 3 rings (SSSR count). The number of piperidine rings is 2. The number of nitrogens with one attached hydrogen (secondary N) is 1. The van der Waals surface area contributed by atoms with Crippen LogP contribution in [0.25, 0.3) is 0 Å². The zero-order chi connectivity index (χ0) is 23.3. The fourth-order valence-corrected chi connectivity index (χ4v) is 4.39. The molecule has 2 saturated heterocycles. The summed E-state index contributed by atoms with van der Waals surface area (Å²) in [4.78, 5) is 41.8. The second-order valence-corrected chi connectivity index (χ2v) is 9.66. The molecule has 1 N–H and O–H groups in total. The minimum Gasteiger partial charge on any atom is -0.444 e. The van der Waals surface area contributed by atoms with Crippen LogP contribution in [0.5, 0.6) is 0 Å². The maximum absolute atomic E-state index is 13.4. The Bertz CT molecular complexity index is 822. The highest BCUT2D eigenvalue weighted by Gasteiger charge is 2.35. The second kappa shape index (κ2) is 10.3. The van der Waals surface area contributed by atoms with Crippen LogP contribution < -0.4 is 5.32 Å². The summed E-state index contributed by atoms with van der Waals surface area (Å²) in [5.41, 5.74) is -0.147. The first kappa shape index (κ1) is 24.0. The fourth-order valence-electron chi connectivity index (χ4n) is 4.39. The second-order valence-electron chi connectivity index (χ2n) is 9.66. The number of rotatable bonds is 4. The van der Waals surface area contributed by atoms with Gasteiger partial charge in [-0.05, 0) is 77.1 Å². The quantitative estimate of drug-likeness (QED) is 0.765. The maximum atomic E-state index is 13.4. The number of halogens is 1. The lowest BCUT2D eigenvalue weighted by atomic mass is 9.93. The molecule has 7 nitrogen and oxygen atoms in total. The zero-order valence-electron chi connectivity index (χ0n) is 19.2. The van der Waals surface area contributed by atoms with Gasteiger partial charge in [0.1, 0.15) is 11.4 Å². The van der Waals surface area contributed by atoms with E-state index in [4.69, 9.17) is 4.74 Å². The lowest BCUT2D eigenvalue weighted by Gasteiger charge is -2.40. The van der Waals surface area contributed by atoms with Crippen LogP contribution in [-0.2, 0) is 9.53 Å². The van der Waals surface area contributed by atoms with Crippen molar-refractivity contribution >= 4 is 17.9 Å². The van der Waals surface area contributed by atoms with Crippen LogP contribution >= 0.6 is 0 Å². The van der Waals surface area contributed by atoms with Gasteiger partial charge in [-0.1, -0.05) is 0 Å². The molecule has 0 aromatic heterocycles. The molecule has 2 atom stereocenters. The summed E-state index contributed by atoms with van der Waals surface area (Å²) in [6, 6.07) is 5.43. The zero-order valence-corrected chi connectivity index (χ0v) is 19.2. The van der Waals surface area contributed by atoms with Crippen LogP contribution in [0.3, 0.4) is 0 Å². The Hall–Kier alpha value is -2.64. The topological polar surface area (TPSA) is 79.0 Å². The lowest BCUT2D eigenvalue weighted by molar-refractivity contribution is -0.140. The van der Waals surface area contributed by atoms with Gasteiger partial charge in [0.25, 0.3) is 5.91 Å². The summed E-state index contributed by atoms with van der Waals surface area (Å²) < 4.78 is 18.5. The van der Waals surface area contributed by atoms with Gasteiger partial charge in [-0.2, -0.15) is 0 Å². The molecular weight excluding hydrogens is 413 g/mol. The van der Waals surface area contributed by atoms with E-state index in [0.717, 1.165) is 32.1 Å². The molecule has 32 heavy (non-hydrogen) atoms. The Labute approximate surface area is 189 Å². The molecule has 0 spiro atoms. The number of amides is 3. The van der Waals surface area contributed by atoms with E-state index < -0.39 is 11.7 Å². The highest BCUT2D eigenvalue weighted by atomic mass is 19.1.